The van der Waals surface area contributed by atoms with Crippen LogP contribution in [0.15, 0.2) is 23.8 Å². The summed E-state index contributed by atoms with van der Waals surface area (Å²) in [6.07, 6.45) is 7.39. The number of rotatable bonds is 6. The third-order valence-corrected chi connectivity index (χ3v) is 4.49. The van der Waals surface area contributed by atoms with Crippen molar-refractivity contribution in [2.24, 2.45) is 5.73 Å². The van der Waals surface area contributed by atoms with Crippen molar-refractivity contribution in [2.45, 2.75) is 31.7 Å². The van der Waals surface area contributed by atoms with Gasteiger partial charge >= 0.3 is 0 Å². The molecule has 2 nitrogen and oxygen atoms in total. The van der Waals surface area contributed by atoms with Gasteiger partial charge in [0.05, 0.1) is 10.4 Å². The van der Waals surface area contributed by atoms with Gasteiger partial charge in [0.15, 0.2) is 0 Å². The predicted octanol–water partition coefficient (Wildman–Crippen LogP) is 3.49. The Labute approximate surface area is 112 Å². The second-order valence-corrected chi connectivity index (χ2v) is 6.14. The van der Waals surface area contributed by atoms with Gasteiger partial charge < -0.3 is 11.1 Å². The molecule has 1 aromatic heterocycles. The van der Waals surface area contributed by atoms with E-state index in [1.807, 2.05) is 6.07 Å². The standard InChI is InChI=1S/C13H19ClN2S/c14-13-6-5-12(17-13)11(9-15)16-8-7-10-3-1-2-4-10/h3,5-6,11,16H,1-2,4,7-9,15H2. The van der Waals surface area contributed by atoms with Crippen LogP contribution in [-0.2, 0) is 0 Å². The molecule has 2 rings (SSSR count). The number of hydrogen-bond acceptors (Lipinski definition) is 3. The fraction of sp³-hybridized carbons (Fsp3) is 0.538. The molecule has 1 aromatic rings. The summed E-state index contributed by atoms with van der Waals surface area (Å²) in [4.78, 5) is 1.23. The topological polar surface area (TPSA) is 38.0 Å². The molecule has 1 aliphatic carbocycles. The highest BCUT2D eigenvalue weighted by Gasteiger charge is 2.12. The quantitative estimate of drug-likeness (QED) is 0.777. The van der Waals surface area contributed by atoms with E-state index < -0.39 is 0 Å². The van der Waals surface area contributed by atoms with E-state index >= 15 is 0 Å². The van der Waals surface area contributed by atoms with Gasteiger partial charge in [0.2, 0.25) is 0 Å². The van der Waals surface area contributed by atoms with E-state index in [9.17, 15) is 0 Å². The van der Waals surface area contributed by atoms with Crippen LogP contribution >= 0.6 is 22.9 Å². The molecule has 0 amide bonds. The fourth-order valence-corrected chi connectivity index (χ4v) is 3.34. The predicted molar refractivity (Wildman–Crippen MR) is 75.7 cm³/mol. The van der Waals surface area contributed by atoms with Gasteiger partial charge in [-0.1, -0.05) is 23.3 Å². The molecule has 3 N–H and O–H groups in total. The molecule has 0 spiro atoms. The molecule has 1 atom stereocenters. The van der Waals surface area contributed by atoms with Crippen LogP contribution in [0.1, 0.15) is 36.6 Å². The molecule has 94 valence electrons. The van der Waals surface area contributed by atoms with Gasteiger partial charge in [0.1, 0.15) is 0 Å². The van der Waals surface area contributed by atoms with E-state index in [-0.39, 0.29) is 6.04 Å². The Kier molecular flexibility index (Phi) is 5.04. The van der Waals surface area contributed by atoms with Gasteiger partial charge in [-0.3, -0.25) is 0 Å². The maximum Gasteiger partial charge on any atom is 0.0931 e. The second-order valence-electron chi connectivity index (χ2n) is 4.39. The molecule has 1 aliphatic rings. The fourth-order valence-electron chi connectivity index (χ4n) is 2.19. The van der Waals surface area contributed by atoms with Crippen LogP contribution in [0.3, 0.4) is 0 Å². The summed E-state index contributed by atoms with van der Waals surface area (Å²) in [5.74, 6) is 0. The lowest BCUT2D eigenvalue weighted by atomic mass is 10.1. The second kappa shape index (κ2) is 6.55. The maximum atomic E-state index is 5.94. The largest absolute Gasteiger partial charge is 0.329 e. The van der Waals surface area contributed by atoms with E-state index in [1.54, 1.807) is 16.9 Å². The summed E-state index contributed by atoms with van der Waals surface area (Å²) < 4.78 is 0.832. The summed E-state index contributed by atoms with van der Waals surface area (Å²) in [5, 5.41) is 3.51. The van der Waals surface area contributed by atoms with Crippen molar-refractivity contribution in [1.82, 2.24) is 5.32 Å². The molecular weight excluding hydrogens is 252 g/mol. The minimum atomic E-state index is 0.245. The molecule has 0 bridgehead atoms. The third kappa shape index (κ3) is 3.81. The summed E-state index contributed by atoms with van der Waals surface area (Å²) in [7, 11) is 0. The summed E-state index contributed by atoms with van der Waals surface area (Å²) in [5.41, 5.74) is 7.39. The summed E-state index contributed by atoms with van der Waals surface area (Å²) >= 11 is 7.55. The van der Waals surface area contributed by atoms with Crippen LogP contribution in [0, 0.1) is 0 Å². The van der Waals surface area contributed by atoms with E-state index in [4.69, 9.17) is 17.3 Å². The molecule has 0 aromatic carbocycles. The van der Waals surface area contributed by atoms with Gasteiger partial charge in [-0.15, -0.1) is 11.3 Å². The van der Waals surface area contributed by atoms with Crippen molar-refractivity contribution in [3.63, 3.8) is 0 Å². The normalized spacial score (nSPS) is 17.2. The van der Waals surface area contributed by atoms with E-state index in [0.29, 0.717) is 6.54 Å². The van der Waals surface area contributed by atoms with E-state index in [1.165, 1.54) is 24.1 Å². The number of allylic oxidation sites excluding steroid dienone is 1. The molecule has 4 heteroatoms. The van der Waals surface area contributed by atoms with Gasteiger partial charge in [-0.2, -0.15) is 0 Å². The monoisotopic (exact) mass is 270 g/mol. The molecule has 0 aliphatic heterocycles. The van der Waals surface area contributed by atoms with Crippen molar-refractivity contribution in [1.29, 1.82) is 0 Å². The smallest absolute Gasteiger partial charge is 0.0931 e. The van der Waals surface area contributed by atoms with Crippen molar-refractivity contribution in [3.8, 4) is 0 Å². The summed E-state index contributed by atoms with van der Waals surface area (Å²) in [6.45, 7) is 1.62. The van der Waals surface area contributed by atoms with E-state index in [2.05, 4.69) is 17.5 Å². The zero-order chi connectivity index (χ0) is 12.1. The first-order valence-corrected chi connectivity index (χ1v) is 7.35. The first kappa shape index (κ1) is 13.1. The van der Waals surface area contributed by atoms with Crippen molar-refractivity contribution < 1.29 is 0 Å². The number of nitrogens with one attached hydrogen (secondary N) is 1. The molecular formula is C13H19ClN2S. The Morgan fingerprint density at radius 2 is 2.35 bits per heavy atom. The number of halogens is 1. The lowest BCUT2D eigenvalue weighted by molar-refractivity contribution is 0.549. The Bertz CT molecular complexity index is 387. The number of thiophene rings is 1. The van der Waals surface area contributed by atoms with Gasteiger partial charge in [0, 0.05) is 11.4 Å². The van der Waals surface area contributed by atoms with Gasteiger partial charge in [-0.05, 0) is 44.4 Å². The molecule has 17 heavy (non-hydrogen) atoms. The zero-order valence-electron chi connectivity index (χ0n) is 9.92. The Hall–Kier alpha value is -0.350. The lowest BCUT2D eigenvalue weighted by Crippen LogP contribution is -2.28. The summed E-state index contributed by atoms with van der Waals surface area (Å²) in [6, 6.07) is 4.24. The Balaban J connectivity index is 1.79. The van der Waals surface area contributed by atoms with Crippen LogP contribution in [0.4, 0.5) is 0 Å². The minimum Gasteiger partial charge on any atom is -0.329 e. The van der Waals surface area contributed by atoms with Crippen LogP contribution in [-0.4, -0.2) is 13.1 Å². The van der Waals surface area contributed by atoms with Crippen molar-refractivity contribution in [2.75, 3.05) is 13.1 Å². The Morgan fingerprint density at radius 1 is 1.47 bits per heavy atom. The van der Waals surface area contributed by atoms with Crippen molar-refractivity contribution >= 4 is 22.9 Å². The molecule has 0 saturated heterocycles. The first-order chi connectivity index (χ1) is 8.29. The highest BCUT2D eigenvalue weighted by Crippen LogP contribution is 2.26. The zero-order valence-corrected chi connectivity index (χ0v) is 11.5. The third-order valence-electron chi connectivity index (χ3n) is 3.15. The van der Waals surface area contributed by atoms with Crippen LogP contribution in [0.25, 0.3) is 0 Å². The highest BCUT2D eigenvalue weighted by atomic mass is 35.5. The highest BCUT2D eigenvalue weighted by molar-refractivity contribution is 7.16. The van der Waals surface area contributed by atoms with Gasteiger partial charge in [-0.25, -0.2) is 0 Å². The molecule has 1 unspecified atom stereocenters. The van der Waals surface area contributed by atoms with Crippen LogP contribution in [0.2, 0.25) is 4.34 Å². The van der Waals surface area contributed by atoms with Crippen LogP contribution < -0.4 is 11.1 Å². The van der Waals surface area contributed by atoms with E-state index in [0.717, 1.165) is 17.3 Å². The average Bonchev–Trinajstić information content (AvgIpc) is 2.96. The number of hydrogen-bond donors (Lipinski definition) is 2. The number of nitrogens with two attached hydrogens (primary N) is 1. The van der Waals surface area contributed by atoms with Crippen molar-refractivity contribution in [3.05, 3.63) is 33.0 Å². The SMILES string of the molecule is NCC(NCCC1=CCCC1)c1ccc(Cl)s1. The molecule has 0 fully saturated rings. The Morgan fingerprint density at radius 3 is 2.94 bits per heavy atom. The van der Waals surface area contributed by atoms with Gasteiger partial charge in [0.25, 0.3) is 0 Å². The minimum absolute atomic E-state index is 0.245. The lowest BCUT2D eigenvalue weighted by Gasteiger charge is -2.15. The first-order valence-electron chi connectivity index (χ1n) is 6.16. The van der Waals surface area contributed by atoms with Crippen LogP contribution in [0.5, 0.6) is 0 Å². The molecule has 0 radical (unpaired) electrons. The molecule has 1 heterocycles. The molecule has 0 saturated carbocycles. The average molecular weight is 271 g/mol. The maximum absolute atomic E-state index is 5.94.